The number of pyridine rings is 1. The van der Waals surface area contributed by atoms with Crippen molar-refractivity contribution < 1.29 is 9.53 Å². The van der Waals surface area contributed by atoms with Gasteiger partial charge in [-0.1, -0.05) is 26.8 Å². The van der Waals surface area contributed by atoms with E-state index in [1.54, 1.807) is 7.05 Å². The molecule has 1 aromatic rings. The second-order valence-corrected chi connectivity index (χ2v) is 6.85. The van der Waals surface area contributed by atoms with Crippen molar-refractivity contribution in [1.82, 2.24) is 20.5 Å². The fraction of sp³-hybridized carbons (Fsp3) is 0.632. The molecule has 1 aromatic heterocycles. The van der Waals surface area contributed by atoms with Gasteiger partial charge in [0.2, 0.25) is 11.8 Å². The van der Waals surface area contributed by atoms with Crippen molar-refractivity contribution in [3.8, 4) is 5.88 Å². The normalized spacial score (nSPS) is 16.9. The lowest BCUT2D eigenvalue weighted by Crippen LogP contribution is -2.45. The first-order chi connectivity index (χ1) is 12.5. The number of hydrogen-bond donors (Lipinski definition) is 2. The zero-order valence-electron chi connectivity index (χ0n) is 16.7. The molecule has 1 amide bonds. The maximum Gasteiger partial charge on any atom is 0.225 e. The minimum absolute atomic E-state index is 0. The molecular weight excluding hydrogens is 457 g/mol. The van der Waals surface area contributed by atoms with Gasteiger partial charge in [-0.2, -0.15) is 0 Å². The predicted molar refractivity (Wildman–Crippen MR) is 119 cm³/mol. The van der Waals surface area contributed by atoms with E-state index in [-0.39, 0.29) is 41.8 Å². The average molecular weight is 489 g/mol. The Kier molecular flexibility index (Phi) is 10.4. The molecule has 1 aliphatic heterocycles. The van der Waals surface area contributed by atoms with Crippen LogP contribution in [0.4, 0.5) is 0 Å². The standard InChI is InChI=1S/C19H31N5O2.HI/c1-5-10-26-17-7-6-15(11-21-17)12-22-19(20-4)23-16-8-9-24(13-16)18(25)14(2)3;/h6-7,11,14,16H,5,8-10,12-13H2,1-4H3,(H2,20,22,23);1H. The quantitative estimate of drug-likeness (QED) is 0.350. The molecule has 1 aliphatic rings. The van der Waals surface area contributed by atoms with E-state index >= 15 is 0 Å². The Labute approximate surface area is 179 Å². The van der Waals surface area contributed by atoms with Crippen molar-refractivity contribution >= 4 is 35.8 Å². The van der Waals surface area contributed by atoms with Crippen LogP contribution in [0, 0.1) is 5.92 Å². The summed E-state index contributed by atoms with van der Waals surface area (Å²) in [6.45, 7) is 8.78. The number of aliphatic imine (C=N–C) groups is 1. The number of carbonyl (C=O) groups excluding carboxylic acids is 1. The molecule has 0 bridgehead atoms. The van der Waals surface area contributed by atoms with Gasteiger partial charge in [0.15, 0.2) is 5.96 Å². The lowest BCUT2D eigenvalue weighted by molar-refractivity contribution is -0.133. The first-order valence-electron chi connectivity index (χ1n) is 9.37. The molecule has 27 heavy (non-hydrogen) atoms. The number of ether oxygens (including phenoxy) is 1. The average Bonchev–Trinajstić information content (AvgIpc) is 3.11. The SMILES string of the molecule is CCCOc1ccc(CNC(=NC)NC2CCN(C(=O)C(C)C)C2)cn1.I. The minimum Gasteiger partial charge on any atom is -0.478 e. The van der Waals surface area contributed by atoms with Gasteiger partial charge in [0.1, 0.15) is 0 Å². The van der Waals surface area contributed by atoms with Crippen LogP contribution < -0.4 is 15.4 Å². The molecule has 0 radical (unpaired) electrons. The molecule has 0 aromatic carbocycles. The molecule has 2 N–H and O–H groups in total. The topological polar surface area (TPSA) is 78.9 Å². The Morgan fingerprint density at radius 2 is 2.22 bits per heavy atom. The van der Waals surface area contributed by atoms with Gasteiger partial charge in [-0.3, -0.25) is 9.79 Å². The number of hydrogen-bond acceptors (Lipinski definition) is 4. The number of nitrogens with one attached hydrogen (secondary N) is 2. The largest absolute Gasteiger partial charge is 0.478 e. The molecule has 1 unspecified atom stereocenters. The van der Waals surface area contributed by atoms with Crippen molar-refractivity contribution in [3.05, 3.63) is 23.9 Å². The lowest BCUT2D eigenvalue weighted by Gasteiger charge is -2.20. The fourth-order valence-electron chi connectivity index (χ4n) is 2.82. The first kappa shape index (κ1) is 23.5. The minimum atomic E-state index is 0. The van der Waals surface area contributed by atoms with E-state index in [2.05, 4.69) is 27.5 Å². The monoisotopic (exact) mass is 489 g/mol. The van der Waals surface area contributed by atoms with Gasteiger partial charge in [-0.15, -0.1) is 24.0 Å². The van der Waals surface area contributed by atoms with Crippen molar-refractivity contribution in [2.45, 2.75) is 46.2 Å². The number of carbonyl (C=O) groups is 1. The van der Waals surface area contributed by atoms with Gasteiger partial charge in [0, 0.05) is 50.9 Å². The third-order valence-corrected chi connectivity index (χ3v) is 4.27. The van der Waals surface area contributed by atoms with Gasteiger partial charge < -0.3 is 20.3 Å². The molecule has 1 fully saturated rings. The third kappa shape index (κ3) is 7.51. The smallest absolute Gasteiger partial charge is 0.225 e. The summed E-state index contributed by atoms with van der Waals surface area (Å²) < 4.78 is 5.49. The van der Waals surface area contributed by atoms with Gasteiger partial charge in [0.25, 0.3) is 0 Å². The van der Waals surface area contributed by atoms with Crippen molar-refractivity contribution in [2.75, 3.05) is 26.7 Å². The number of amides is 1. The summed E-state index contributed by atoms with van der Waals surface area (Å²) >= 11 is 0. The highest BCUT2D eigenvalue weighted by atomic mass is 127. The molecule has 7 nitrogen and oxygen atoms in total. The van der Waals surface area contributed by atoms with Gasteiger partial charge in [-0.25, -0.2) is 4.98 Å². The molecule has 8 heteroatoms. The molecule has 2 rings (SSSR count). The van der Waals surface area contributed by atoms with Crippen LogP contribution in [0.3, 0.4) is 0 Å². The van der Waals surface area contributed by atoms with Crippen LogP contribution in [0.1, 0.15) is 39.2 Å². The predicted octanol–water partition coefficient (Wildman–Crippen LogP) is 2.41. The Morgan fingerprint density at radius 3 is 2.81 bits per heavy atom. The van der Waals surface area contributed by atoms with Crippen molar-refractivity contribution in [2.24, 2.45) is 10.9 Å². The fourth-order valence-corrected chi connectivity index (χ4v) is 2.82. The molecule has 1 atom stereocenters. The summed E-state index contributed by atoms with van der Waals surface area (Å²) in [4.78, 5) is 22.6. The zero-order chi connectivity index (χ0) is 18.9. The van der Waals surface area contributed by atoms with E-state index in [0.29, 0.717) is 19.0 Å². The van der Waals surface area contributed by atoms with Crippen LogP contribution in [-0.4, -0.2) is 54.5 Å². The Bertz CT molecular complexity index is 607. The maximum atomic E-state index is 12.1. The molecule has 152 valence electrons. The van der Waals surface area contributed by atoms with Crippen LogP contribution in [0.2, 0.25) is 0 Å². The summed E-state index contributed by atoms with van der Waals surface area (Å²) in [5.41, 5.74) is 1.06. The summed E-state index contributed by atoms with van der Waals surface area (Å²) in [5, 5.41) is 6.70. The van der Waals surface area contributed by atoms with E-state index < -0.39 is 0 Å². The second-order valence-electron chi connectivity index (χ2n) is 6.85. The highest BCUT2D eigenvalue weighted by Crippen LogP contribution is 2.13. The highest BCUT2D eigenvalue weighted by Gasteiger charge is 2.27. The van der Waals surface area contributed by atoms with Crippen LogP contribution in [0.25, 0.3) is 0 Å². The summed E-state index contributed by atoms with van der Waals surface area (Å²) in [6, 6.07) is 4.11. The van der Waals surface area contributed by atoms with E-state index in [0.717, 1.165) is 37.5 Å². The summed E-state index contributed by atoms with van der Waals surface area (Å²) in [5.74, 6) is 1.65. The molecular formula is C19H32IN5O2. The number of aromatic nitrogens is 1. The van der Waals surface area contributed by atoms with E-state index in [9.17, 15) is 4.79 Å². The molecule has 2 heterocycles. The van der Waals surface area contributed by atoms with Crippen LogP contribution in [-0.2, 0) is 11.3 Å². The molecule has 0 aliphatic carbocycles. The van der Waals surface area contributed by atoms with Gasteiger partial charge in [0.05, 0.1) is 6.61 Å². The molecule has 0 spiro atoms. The zero-order valence-corrected chi connectivity index (χ0v) is 19.0. The van der Waals surface area contributed by atoms with Crippen molar-refractivity contribution in [3.63, 3.8) is 0 Å². The lowest BCUT2D eigenvalue weighted by atomic mass is 10.2. The Balaban J connectivity index is 0.00000364. The summed E-state index contributed by atoms with van der Waals surface area (Å²) in [6.07, 6.45) is 3.71. The molecule has 1 saturated heterocycles. The number of halogens is 1. The number of likely N-dealkylation sites (tertiary alicyclic amines) is 1. The van der Waals surface area contributed by atoms with E-state index in [1.807, 2.05) is 37.1 Å². The van der Waals surface area contributed by atoms with Crippen molar-refractivity contribution in [1.29, 1.82) is 0 Å². The highest BCUT2D eigenvalue weighted by molar-refractivity contribution is 14.0. The number of guanidine groups is 1. The maximum absolute atomic E-state index is 12.1. The first-order valence-corrected chi connectivity index (χ1v) is 9.37. The van der Waals surface area contributed by atoms with E-state index in [1.165, 1.54) is 0 Å². The third-order valence-electron chi connectivity index (χ3n) is 4.27. The summed E-state index contributed by atoms with van der Waals surface area (Å²) in [7, 11) is 1.75. The van der Waals surface area contributed by atoms with Crippen LogP contribution >= 0.6 is 24.0 Å². The molecule has 0 saturated carbocycles. The number of rotatable bonds is 7. The van der Waals surface area contributed by atoms with Crippen LogP contribution in [0.5, 0.6) is 5.88 Å². The Morgan fingerprint density at radius 1 is 1.44 bits per heavy atom. The van der Waals surface area contributed by atoms with Gasteiger partial charge in [-0.05, 0) is 18.4 Å². The van der Waals surface area contributed by atoms with Gasteiger partial charge >= 0.3 is 0 Å². The number of nitrogens with zero attached hydrogens (tertiary/aromatic N) is 3. The van der Waals surface area contributed by atoms with Crippen LogP contribution in [0.15, 0.2) is 23.3 Å². The van der Waals surface area contributed by atoms with E-state index in [4.69, 9.17) is 4.74 Å². The Hall–Kier alpha value is -1.58. The second kappa shape index (κ2) is 12.0.